The molecule has 0 saturated carbocycles. The minimum absolute atomic E-state index is 0.343. The highest BCUT2D eigenvalue weighted by Crippen LogP contribution is 2.27. The molecule has 0 amide bonds. The van der Waals surface area contributed by atoms with Gasteiger partial charge in [-0.2, -0.15) is 0 Å². The molecule has 1 aliphatic heterocycles. The van der Waals surface area contributed by atoms with Gasteiger partial charge in [-0.05, 0) is 12.5 Å². The lowest BCUT2D eigenvalue weighted by Gasteiger charge is -1.96. The molecule has 2 nitrogen and oxygen atoms in total. The Morgan fingerprint density at radius 3 is 2.38 bits per heavy atom. The molecule has 1 heterocycles. The Morgan fingerprint density at radius 2 is 1.92 bits per heavy atom. The van der Waals surface area contributed by atoms with E-state index in [0.717, 1.165) is 12.0 Å². The van der Waals surface area contributed by atoms with Gasteiger partial charge in [-0.15, -0.1) is 0 Å². The number of ether oxygens (including phenoxy) is 1. The van der Waals surface area contributed by atoms with E-state index in [1.54, 1.807) is 6.08 Å². The first kappa shape index (κ1) is 9.52. The van der Waals surface area contributed by atoms with Crippen molar-refractivity contribution in [3.05, 3.63) is 48.3 Å². The van der Waals surface area contributed by atoms with Crippen LogP contribution in [0.2, 0.25) is 0 Å². The molecule has 0 saturated heterocycles. The van der Waals surface area contributed by atoms with Crippen molar-refractivity contribution < 1.29 is 9.53 Å². The second-order valence-corrected chi connectivity index (χ2v) is 2.60. The van der Waals surface area contributed by atoms with Crippen LogP contribution in [0.5, 0.6) is 0 Å². The lowest BCUT2D eigenvalue weighted by molar-refractivity contribution is -0.132. The van der Waals surface area contributed by atoms with Crippen LogP contribution >= 0.6 is 0 Å². The van der Waals surface area contributed by atoms with Crippen LogP contribution in [0.4, 0.5) is 0 Å². The Hall–Kier alpha value is -1.57. The van der Waals surface area contributed by atoms with E-state index in [1.165, 1.54) is 6.08 Å². The van der Waals surface area contributed by atoms with E-state index in [-0.39, 0.29) is 5.97 Å². The van der Waals surface area contributed by atoms with Gasteiger partial charge in [0.15, 0.2) is 0 Å². The summed E-state index contributed by atoms with van der Waals surface area (Å²) in [5, 5.41) is 0. The van der Waals surface area contributed by atoms with E-state index in [9.17, 15) is 4.79 Å². The van der Waals surface area contributed by atoms with Crippen molar-refractivity contribution in [3.63, 3.8) is 0 Å². The van der Waals surface area contributed by atoms with E-state index in [1.807, 2.05) is 13.0 Å². The van der Waals surface area contributed by atoms with Crippen LogP contribution in [0.1, 0.15) is 13.3 Å². The normalized spacial score (nSPS) is 19.2. The molecule has 0 atom stereocenters. The van der Waals surface area contributed by atoms with Crippen molar-refractivity contribution in [2.75, 3.05) is 0 Å². The average Bonchev–Trinajstić information content (AvgIpc) is 2.41. The van der Waals surface area contributed by atoms with Crippen molar-refractivity contribution in [2.24, 2.45) is 0 Å². The molecule has 0 unspecified atom stereocenters. The van der Waals surface area contributed by atoms with E-state index < -0.39 is 0 Å². The fourth-order valence-electron chi connectivity index (χ4n) is 1.19. The van der Waals surface area contributed by atoms with Gasteiger partial charge < -0.3 is 4.74 Å². The van der Waals surface area contributed by atoms with Crippen LogP contribution in [-0.2, 0) is 9.53 Å². The summed E-state index contributed by atoms with van der Waals surface area (Å²) in [6, 6.07) is 0. The predicted molar refractivity (Wildman–Crippen MR) is 51.9 cm³/mol. The highest BCUT2D eigenvalue weighted by atomic mass is 16.5. The third-order valence-electron chi connectivity index (χ3n) is 1.78. The van der Waals surface area contributed by atoms with Gasteiger partial charge in [0.25, 0.3) is 0 Å². The van der Waals surface area contributed by atoms with Gasteiger partial charge in [-0.3, -0.25) is 0 Å². The summed E-state index contributed by atoms with van der Waals surface area (Å²) in [4.78, 5) is 11.2. The van der Waals surface area contributed by atoms with Crippen molar-refractivity contribution in [1.29, 1.82) is 0 Å². The van der Waals surface area contributed by atoms with E-state index in [4.69, 9.17) is 4.74 Å². The van der Waals surface area contributed by atoms with Gasteiger partial charge in [-0.1, -0.05) is 32.2 Å². The fraction of sp³-hybridized carbons (Fsp3) is 0.182. The molecule has 0 aliphatic carbocycles. The number of carbonyl (C=O) groups is 1. The minimum atomic E-state index is -0.343. The zero-order valence-corrected chi connectivity index (χ0v) is 7.67. The van der Waals surface area contributed by atoms with Crippen LogP contribution in [0.15, 0.2) is 48.3 Å². The zero-order valence-electron chi connectivity index (χ0n) is 7.67. The average molecular weight is 176 g/mol. The summed E-state index contributed by atoms with van der Waals surface area (Å²) in [7, 11) is 0. The van der Waals surface area contributed by atoms with E-state index in [2.05, 4.69) is 13.2 Å². The summed E-state index contributed by atoms with van der Waals surface area (Å²) >= 11 is 0. The molecule has 0 aromatic carbocycles. The molecule has 2 heteroatoms. The maximum absolute atomic E-state index is 11.2. The second-order valence-electron chi connectivity index (χ2n) is 2.60. The number of cyclic esters (lactones) is 1. The first-order chi connectivity index (χ1) is 6.24. The maximum atomic E-state index is 11.2. The molecule has 0 spiro atoms. The molecule has 1 rings (SSSR count). The highest BCUT2D eigenvalue weighted by molar-refractivity contribution is 5.98. The van der Waals surface area contributed by atoms with Crippen molar-refractivity contribution in [2.45, 2.75) is 13.3 Å². The quantitative estimate of drug-likeness (QED) is 0.617. The number of rotatable bonds is 3. The highest BCUT2D eigenvalue weighted by Gasteiger charge is 2.24. The van der Waals surface area contributed by atoms with Crippen molar-refractivity contribution >= 4 is 5.97 Å². The lowest BCUT2D eigenvalue weighted by Crippen LogP contribution is -1.95. The third-order valence-corrected chi connectivity index (χ3v) is 1.78. The largest absolute Gasteiger partial charge is 0.423 e. The van der Waals surface area contributed by atoms with Crippen LogP contribution in [0, 0.1) is 0 Å². The molecule has 13 heavy (non-hydrogen) atoms. The van der Waals surface area contributed by atoms with E-state index in [0.29, 0.717) is 11.3 Å². The second kappa shape index (κ2) is 3.90. The maximum Gasteiger partial charge on any atom is 0.344 e. The van der Waals surface area contributed by atoms with Gasteiger partial charge in [0.05, 0.1) is 5.57 Å². The summed E-state index contributed by atoms with van der Waals surface area (Å²) in [6.07, 6.45) is 5.79. The molecule has 0 bridgehead atoms. The van der Waals surface area contributed by atoms with Gasteiger partial charge in [0, 0.05) is 5.57 Å². The van der Waals surface area contributed by atoms with Crippen LogP contribution in [-0.4, -0.2) is 5.97 Å². The molecule has 0 radical (unpaired) electrons. The standard InChI is InChI=1S/C11H12O2/c1-4-7-10-8(5-2)9(6-3)11(12)13-10/h5-7H,2-4H2,1H3/b10-7+. The molecule has 1 aliphatic rings. The van der Waals surface area contributed by atoms with Gasteiger partial charge in [0.1, 0.15) is 5.76 Å². The molecular weight excluding hydrogens is 164 g/mol. The van der Waals surface area contributed by atoms with Gasteiger partial charge in [0.2, 0.25) is 0 Å². The minimum Gasteiger partial charge on any atom is -0.423 e. The summed E-state index contributed by atoms with van der Waals surface area (Å²) in [5.74, 6) is 0.252. The van der Waals surface area contributed by atoms with Crippen molar-refractivity contribution in [3.8, 4) is 0 Å². The Labute approximate surface area is 77.9 Å². The molecule has 0 fully saturated rings. The first-order valence-corrected chi connectivity index (χ1v) is 4.16. The Balaban J connectivity index is 3.17. The summed E-state index contributed by atoms with van der Waals surface area (Å²) in [5.41, 5.74) is 1.23. The summed E-state index contributed by atoms with van der Waals surface area (Å²) in [6.45, 7) is 9.16. The SMILES string of the molecule is C=CC1=C(C=C)/C(=C\CC)OC1=O. The Kier molecular flexibility index (Phi) is 2.85. The monoisotopic (exact) mass is 176 g/mol. The molecule has 68 valence electrons. The number of hydrogen-bond donors (Lipinski definition) is 0. The summed E-state index contributed by atoms with van der Waals surface area (Å²) < 4.78 is 5.01. The van der Waals surface area contributed by atoms with Crippen LogP contribution in [0.3, 0.4) is 0 Å². The Morgan fingerprint density at radius 1 is 1.31 bits per heavy atom. The lowest BCUT2D eigenvalue weighted by atomic mass is 10.1. The predicted octanol–water partition coefficient (Wildman–Crippen LogP) is 2.51. The van der Waals surface area contributed by atoms with Crippen molar-refractivity contribution in [1.82, 2.24) is 0 Å². The van der Waals surface area contributed by atoms with Gasteiger partial charge in [-0.25, -0.2) is 4.79 Å². The fourth-order valence-corrected chi connectivity index (χ4v) is 1.19. The molecular formula is C11H12O2. The molecule has 0 aromatic rings. The zero-order chi connectivity index (χ0) is 9.84. The molecule has 0 aromatic heterocycles. The number of hydrogen-bond acceptors (Lipinski definition) is 2. The number of esters is 1. The topological polar surface area (TPSA) is 26.3 Å². The number of carbonyl (C=O) groups excluding carboxylic acids is 1. The van der Waals surface area contributed by atoms with Gasteiger partial charge >= 0.3 is 5.97 Å². The van der Waals surface area contributed by atoms with E-state index >= 15 is 0 Å². The third kappa shape index (κ3) is 1.61. The smallest absolute Gasteiger partial charge is 0.344 e. The van der Waals surface area contributed by atoms with Crippen LogP contribution < -0.4 is 0 Å². The Bertz CT molecular complexity index is 319. The number of allylic oxidation sites excluding steroid dienone is 2. The first-order valence-electron chi connectivity index (χ1n) is 4.16. The van der Waals surface area contributed by atoms with Crippen LogP contribution in [0.25, 0.3) is 0 Å². The molecule has 0 N–H and O–H groups in total.